The Hall–Kier alpha value is -1.76. The SMILES string of the molecule is C=C(Br)C[C@@H](NC(=O)c1ccc(F)c(F)c1)C(=O)OC. The second-order valence-corrected chi connectivity index (χ2v) is 5.02. The molecule has 0 aliphatic rings. The molecule has 0 aromatic heterocycles. The molecule has 0 aliphatic carbocycles. The van der Waals surface area contributed by atoms with Gasteiger partial charge in [-0.25, -0.2) is 13.6 Å². The van der Waals surface area contributed by atoms with Crippen molar-refractivity contribution in [3.8, 4) is 0 Å². The van der Waals surface area contributed by atoms with Gasteiger partial charge in [-0.15, -0.1) is 0 Å². The van der Waals surface area contributed by atoms with Crippen LogP contribution in [0.5, 0.6) is 0 Å². The number of nitrogens with one attached hydrogen (secondary N) is 1. The quantitative estimate of drug-likeness (QED) is 0.832. The molecule has 1 aromatic carbocycles. The number of halogens is 3. The molecule has 0 heterocycles. The maximum atomic E-state index is 13.0. The highest BCUT2D eigenvalue weighted by Crippen LogP contribution is 2.13. The van der Waals surface area contributed by atoms with Gasteiger partial charge < -0.3 is 10.1 Å². The van der Waals surface area contributed by atoms with Crippen molar-refractivity contribution in [2.45, 2.75) is 12.5 Å². The van der Waals surface area contributed by atoms with Gasteiger partial charge in [-0.05, 0) is 22.7 Å². The fourth-order valence-electron chi connectivity index (χ4n) is 1.44. The molecular formula is C13H12BrF2NO3. The predicted molar refractivity (Wildman–Crippen MR) is 72.3 cm³/mol. The minimum atomic E-state index is -1.14. The van der Waals surface area contributed by atoms with Gasteiger partial charge >= 0.3 is 5.97 Å². The normalized spacial score (nSPS) is 11.6. The summed E-state index contributed by atoms with van der Waals surface area (Å²) in [6.45, 7) is 3.57. The zero-order chi connectivity index (χ0) is 15.3. The van der Waals surface area contributed by atoms with E-state index in [2.05, 4.69) is 32.6 Å². The van der Waals surface area contributed by atoms with Crippen molar-refractivity contribution >= 4 is 27.8 Å². The van der Waals surface area contributed by atoms with E-state index < -0.39 is 29.6 Å². The van der Waals surface area contributed by atoms with Gasteiger partial charge in [-0.2, -0.15) is 0 Å². The molecule has 7 heteroatoms. The molecule has 1 atom stereocenters. The summed E-state index contributed by atoms with van der Waals surface area (Å²) in [7, 11) is 1.18. The van der Waals surface area contributed by atoms with Crippen molar-refractivity contribution in [2.24, 2.45) is 0 Å². The molecule has 108 valence electrons. The van der Waals surface area contributed by atoms with Crippen molar-refractivity contribution < 1.29 is 23.1 Å². The summed E-state index contributed by atoms with van der Waals surface area (Å²) in [6, 6.07) is 1.74. The Morgan fingerprint density at radius 2 is 2.05 bits per heavy atom. The van der Waals surface area contributed by atoms with E-state index in [1.54, 1.807) is 0 Å². The minimum Gasteiger partial charge on any atom is -0.467 e. The summed E-state index contributed by atoms with van der Waals surface area (Å²) < 4.78 is 30.9. The lowest BCUT2D eigenvalue weighted by Crippen LogP contribution is -2.41. The van der Waals surface area contributed by atoms with Crippen LogP contribution in [0, 0.1) is 11.6 Å². The van der Waals surface area contributed by atoms with Crippen LogP contribution in [0.1, 0.15) is 16.8 Å². The zero-order valence-electron chi connectivity index (χ0n) is 10.6. The van der Waals surface area contributed by atoms with Crippen LogP contribution in [-0.2, 0) is 9.53 Å². The van der Waals surface area contributed by atoms with Crippen LogP contribution in [-0.4, -0.2) is 25.0 Å². The smallest absolute Gasteiger partial charge is 0.328 e. The standard InChI is InChI=1S/C13H12BrF2NO3/c1-7(14)5-11(13(19)20-2)17-12(18)8-3-4-9(15)10(16)6-8/h3-4,6,11H,1,5H2,2H3,(H,17,18)/t11-/m1/s1. The summed E-state index contributed by atoms with van der Waals surface area (Å²) in [5, 5.41) is 2.37. The molecular weight excluding hydrogens is 336 g/mol. The van der Waals surface area contributed by atoms with Gasteiger partial charge in [0.25, 0.3) is 5.91 Å². The molecule has 4 nitrogen and oxygen atoms in total. The Balaban J connectivity index is 2.86. The molecule has 0 saturated heterocycles. The van der Waals surface area contributed by atoms with Gasteiger partial charge in [0.1, 0.15) is 6.04 Å². The number of hydrogen-bond acceptors (Lipinski definition) is 3. The number of benzene rings is 1. The monoisotopic (exact) mass is 347 g/mol. The largest absolute Gasteiger partial charge is 0.467 e. The third-order valence-corrected chi connectivity index (χ3v) is 2.72. The lowest BCUT2D eigenvalue weighted by molar-refractivity contribution is -0.142. The van der Waals surface area contributed by atoms with Gasteiger partial charge in [0.2, 0.25) is 0 Å². The third-order valence-electron chi connectivity index (χ3n) is 2.40. The third kappa shape index (κ3) is 4.41. The van der Waals surface area contributed by atoms with Crippen LogP contribution in [0.25, 0.3) is 0 Å². The summed E-state index contributed by atoms with van der Waals surface area (Å²) in [6.07, 6.45) is 0.113. The number of methoxy groups -OCH3 is 1. The molecule has 0 saturated carbocycles. The summed E-state index contributed by atoms with van der Waals surface area (Å²) in [5.74, 6) is -3.58. The number of hydrogen-bond donors (Lipinski definition) is 1. The van der Waals surface area contributed by atoms with Crippen LogP contribution in [0.2, 0.25) is 0 Å². The molecule has 20 heavy (non-hydrogen) atoms. The van der Waals surface area contributed by atoms with Gasteiger partial charge in [0.05, 0.1) is 7.11 Å². The molecule has 0 spiro atoms. The maximum Gasteiger partial charge on any atom is 0.328 e. The number of carbonyl (C=O) groups is 2. The van der Waals surface area contributed by atoms with E-state index in [0.29, 0.717) is 4.48 Å². The molecule has 0 fully saturated rings. The first kappa shape index (κ1) is 16.3. The summed E-state index contributed by atoms with van der Waals surface area (Å²) >= 11 is 3.08. The van der Waals surface area contributed by atoms with Gasteiger partial charge in [-0.1, -0.05) is 22.5 Å². The van der Waals surface area contributed by atoms with Crippen molar-refractivity contribution in [1.82, 2.24) is 5.32 Å². The first-order chi connectivity index (χ1) is 9.35. The Kier molecular flexibility index (Phi) is 5.82. The molecule has 0 bridgehead atoms. The molecule has 1 N–H and O–H groups in total. The van der Waals surface area contributed by atoms with E-state index >= 15 is 0 Å². The van der Waals surface area contributed by atoms with Crippen LogP contribution in [0.4, 0.5) is 8.78 Å². The van der Waals surface area contributed by atoms with E-state index in [1.807, 2.05) is 0 Å². The summed E-state index contributed by atoms with van der Waals surface area (Å²) in [4.78, 5) is 23.4. The first-order valence-corrected chi connectivity index (χ1v) is 6.31. The van der Waals surface area contributed by atoms with E-state index in [0.717, 1.165) is 18.2 Å². The molecule has 0 radical (unpaired) electrons. The van der Waals surface area contributed by atoms with Crippen molar-refractivity contribution in [3.05, 3.63) is 46.5 Å². The molecule has 0 unspecified atom stereocenters. The van der Waals surface area contributed by atoms with Gasteiger partial charge in [-0.3, -0.25) is 4.79 Å². The van der Waals surface area contributed by atoms with E-state index in [9.17, 15) is 18.4 Å². The van der Waals surface area contributed by atoms with Crippen molar-refractivity contribution in [1.29, 1.82) is 0 Å². The Bertz CT molecular complexity index is 548. The first-order valence-electron chi connectivity index (χ1n) is 5.52. The second-order valence-electron chi connectivity index (χ2n) is 3.90. The van der Waals surface area contributed by atoms with E-state index in [1.165, 1.54) is 7.11 Å². The molecule has 1 aromatic rings. The van der Waals surface area contributed by atoms with Crippen LogP contribution >= 0.6 is 15.9 Å². The van der Waals surface area contributed by atoms with E-state index in [-0.39, 0.29) is 12.0 Å². The number of rotatable bonds is 5. The number of carbonyl (C=O) groups excluding carboxylic acids is 2. The highest BCUT2D eigenvalue weighted by molar-refractivity contribution is 9.11. The summed E-state index contributed by atoms with van der Waals surface area (Å²) in [5.41, 5.74) is -0.0991. The van der Waals surface area contributed by atoms with Crippen molar-refractivity contribution in [3.63, 3.8) is 0 Å². The Labute approximate surface area is 122 Å². The topological polar surface area (TPSA) is 55.4 Å². The minimum absolute atomic E-state index is 0.0991. The zero-order valence-corrected chi connectivity index (χ0v) is 12.2. The Morgan fingerprint density at radius 1 is 1.40 bits per heavy atom. The van der Waals surface area contributed by atoms with Crippen molar-refractivity contribution in [2.75, 3.05) is 7.11 Å². The molecule has 0 aliphatic heterocycles. The number of amides is 1. The van der Waals surface area contributed by atoms with Crippen LogP contribution < -0.4 is 5.32 Å². The number of esters is 1. The fourth-order valence-corrected chi connectivity index (χ4v) is 1.76. The van der Waals surface area contributed by atoms with Crippen LogP contribution in [0.15, 0.2) is 29.3 Å². The Morgan fingerprint density at radius 3 is 2.55 bits per heavy atom. The lowest BCUT2D eigenvalue weighted by atomic mass is 10.1. The average molecular weight is 348 g/mol. The predicted octanol–water partition coefficient (Wildman–Crippen LogP) is 2.53. The van der Waals surface area contributed by atoms with E-state index in [4.69, 9.17) is 0 Å². The average Bonchev–Trinajstić information content (AvgIpc) is 2.39. The second kappa shape index (κ2) is 7.14. The maximum absolute atomic E-state index is 13.0. The van der Waals surface area contributed by atoms with Gasteiger partial charge in [0.15, 0.2) is 11.6 Å². The lowest BCUT2D eigenvalue weighted by Gasteiger charge is -2.16. The van der Waals surface area contributed by atoms with Crippen LogP contribution in [0.3, 0.4) is 0 Å². The highest BCUT2D eigenvalue weighted by atomic mass is 79.9. The molecule has 1 amide bonds. The number of ether oxygens (including phenoxy) is 1. The van der Waals surface area contributed by atoms with Gasteiger partial charge in [0, 0.05) is 12.0 Å². The fraction of sp³-hybridized carbons (Fsp3) is 0.231. The highest BCUT2D eigenvalue weighted by Gasteiger charge is 2.23. The molecule has 1 rings (SSSR count).